The molecule has 0 aliphatic heterocycles. The quantitative estimate of drug-likeness (QED) is 0.368. The second-order valence-corrected chi connectivity index (χ2v) is 6.97. The number of ether oxygens (including phenoxy) is 1. The predicted molar refractivity (Wildman–Crippen MR) is 124 cm³/mol. The lowest BCUT2D eigenvalue weighted by molar-refractivity contribution is 0.415. The average Bonchev–Trinajstić information content (AvgIpc) is 2.66. The fourth-order valence-electron chi connectivity index (χ4n) is 2.28. The summed E-state index contributed by atoms with van der Waals surface area (Å²) in [5, 5.41) is 7.19. The van der Waals surface area contributed by atoms with Gasteiger partial charge in [0.1, 0.15) is 11.6 Å². The molecule has 0 aliphatic carbocycles. The SMILES string of the molecule is Br.CCC(C)N=C(/C=C(\NC(C)CC)c1ccc(OC)cc1)NC(C)CC. The number of benzene rings is 1. The average molecular weight is 440 g/mol. The summed E-state index contributed by atoms with van der Waals surface area (Å²) < 4.78 is 5.29. The van der Waals surface area contributed by atoms with Gasteiger partial charge in [-0.25, -0.2) is 0 Å². The molecule has 0 amide bonds. The van der Waals surface area contributed by atoms with E-state index in [-0.39, 0.29) is 17.0 Å². The second-order valence-electron chi connectivity index (χ2n) is 6.97. The molecule has 27 heavy (non-hydrogen) atoms. The van der Waals surface area contributed by atoms with Crippen LogP contribution in [0.3, 0.4) is 0 Å². The Bertz CT molecular complexity index is 584. The van der Waals surface area contributed by atoms with Gasteiger partial charge in [-0.15, -0.1) is 17.0 Å². The van der Waals surface area contributed by atoms with Crippen LogP contribution in [0.4, 0.5) is 0 Å². The fourth-order valence-corrected chi connectivity index (χ4v) is 2.28. The van der Waals surface area contributed by atoms with E-state index in [1.807, 2.05) is 12.1 Å². The van der Waals surface area contributed by atoms with E-state index in [0.717, 1.165) is 42.1 Å². The van der Waals surface area contributed by atoms with Crippen molar-refractivity contribution in [3.05, 3.63) is 35.9 Å². The van der Waals surface area contributed by atoms with E-state index < -0.39 is 0 Å². The third kappa shape index (κ3) is 9.32. The topological polar surface area (TPSA) is 45.7 Å². The van der Waals surface area contributed by atoms with E-state index in [0.29, 0.717) is 18.1 Å². The van der Waals surface area contributed by atoms with E-state index in [2.05, 4.69) is 70.4 Å². The van der Waals surface area contributed by atoms with Gasteiger partial charge in [-0.1, -0.05) is 20.8 Å². The Morgan fingerprint density at radius 1 is 0.963 bits per heavy atom. The minimum atomic E-state index is 0. The van der Waals surface area contributed by atoms with Gasteiger partial charge in [-0.3, -0.25) is 4.99 Å². The molecule has 1 aromatic carbocycles. The molecule has 0 aromatic heterocycles. The number of amidine groups is 1. The zero-order chi connectivity index (χ0) is 19.5. The molecule has 5 heteroatoms. The summed E-state index contributed by atoms with van der Waals surface area (Å²) in [7, 11) is 1.69. The van der Waals surface area contributed by atoms with Crippen LogP contribution in [0.5, 0.6) is 5.75 Å². The van der Waals surface area contributed by atoms with Crippen molar-refractivity contribution in [2.24, 2.45) is 4.99 Å². The molecule has 2 N–H and O–H groups in total. The number of nitrogens with zero attached hydrogens (tertiary/aromatic N) is 1. The number of nitrogens with one attached hydrogen (secondary N) is 2. The van der Waals surface area contributed by atoms with Gasteiger partial charge in [-0.05, 0) is 69.9 Å². The monoisotopic (exact) mass is 439 g/mol. The van der Waals surface area contributed by atoms with Crippen LogP contribution in [-0.2, 0) is 0 Å². The molecule has 0 fully saturated rings. The smallest absolute Gasteiger partial charge is 0.123 e. The van der Waals surface area contributed by atoms with Crippen molar-refractivity contribution in [1.82, 2.24) is 10.6 Å². The van der Waals surface area contributed by atoms with E-state index in [1.165, 1.54) is 0 Å². The molecule has 4 nitrogen and oxygen atoms in total. The number of rotatable bonds is 10. The highest BCUT2D eigenvalue weighted by Crippen LogP contribution is 2.18. The van der Waals surface area contributed by atoms with Crippen molar-refractivity contribution in [3.63, 3.8) is 0 Å². The van der Waals surface area contributed by atoms with Crippen LogP contribution in [-0.4, -0.2) is 31.1 Å². The fraction of sp³-hybridized carbons (Fsp3) is 0.591. The Morgan fingerprint density at radius 2 is 1.52 bits per heavy atom. The molecule has 0 radical (unpaired) electrons. The van der Waals surface area contributed by atoms with Crippen molar-refractivity contribution in [1.29, 1.82) is 0 Å². The maximum atomic E-state index is 5.29. The zero-order valence-corrected chi connectivity index (χ0v) is 19.7. The summed E-state index contributed by atoms with van der Waals surface area (Å²) in [5.41, 5.74) is 2.22. The van der Waals surface area contributed by atoms with E-state index in [4.69, 9.17) is 9.73 Å². The van der Waals surface area contributed by atoms with E-state index in [9.17, 15) is 0 Å². The number of hydrogen-bond donors (Lipinski definition) is 2. The van der Waals surface area contributed by atoms with Crippen molar-refractivity contribution < 1.29 is 4.74 Å². The number of hydrogen-bond acceptors (Lipinski definition) is 3. The highest BCUT2D eigenvalue weighted by Gasteiger charge is 2.10. The van der Waals surface area contributed by atoms with Crippen LogP contribution in [0.2, 0.25) is 0 Å². The first-order valence-corrected chi connectivity index (χ1v) is 9.90. The first-order chi connectivity index (χ1) is 12.4. The molecule has 154 valence electrons. The summed E-state index contributed by atoms with van der Waals surface area (Å²) in [6.45, 7) is 13.1. The first kappa shape index (κ1) is 25.5. The zero-order valence-electron chi connectivity index (χ0n) is 18.0. The molecule has 0 heterocycles. The number of halogens is 1. The number of aliphatic imine (C=N–C) groups is 1. The third-order valence-corrected chi connectivity index (χ3v) is 4.65. The Hall–Kier alpha value is -1.49. The lowest BCUT2D eigenvalue weighted by Crippen LogP contribution is -2.33. The normalized spacial score (nSPS) is 15.4. The van der Waals surface area contributed by atoms with Crippen molar-refractivity contribution >= 4 is 28.5 Å². The molecule has 0 spiro atoms. The van der Waals surface area contributed by atoms with Gasteiger partial charge in [-0.2, -0.15) is 0 Å². The number of methoxy groups -OCH3 is 1. The Kier molecular flexibility index (Phi) is 12.9. The van der Waals surface area contributed by atoms with Gasteiger partial charge in [0, 0.05) is 29.9 Å². The van der Waals surface area contributed by atoms with E-state index >= 15 is 0 Å². The van der Waals surface area contributed by atoms with Crippen molar-refractivity contribution in [3.8, 4) is 5.75 Å². The summed E-state index contributed by atoms with van der Waals surface area (Å²) >= 11 is 0. The summed E-state index contributed by atoms with van der Waals surface area (Å²) in [5.74, 6) is 1.80. The molecular formula is C22H38BrN3O. The largest absolute Gasteiger partial charge is 0.497 e. The van der Waals surface area contributed by atoms with Gasteiger partial charge >= 0.3 is 0 Å². The molecule has 0 saturated heterocycles. The maximum absolute atomic E-state index is 5.29. The van der Waals surface area contributed by atoms with Gasteiger partial charge < -0.3 is 15.4 Å². The minimum Gasteiger partial charge on any atom is -0.497 e. The molecule has 1 rings (SSSR count). The van der Waals surface area contributed by atoms with Gasteiger partial charge in [0.25, 0.3) is 0 Å². The van der Waals surface area contributed by atoms with Crippen LogP contribution >= 0.6 is 17.0 Å². The van der Waals surface area contributed by atoms with E-state index in [1.54, 1.807) is 7.11 Å². The van der Waals surface area contributed by atoms with Crippen LogP contribution in [0, 0.1) is 0 Å². The molecule has 0 bridgehead atoms. The Balaban J connectivity index is 0.00000676. The standard InChI is InChI=1S/C22H37N3O.BrH/c1-8-16(4)23-21(19-11-13-20(26-7)14-12-19)15-22(24-17(5)9-2)25-18(6)10-3;/h11-18,23H,8-10H2,1-7H3,(H,24,25);1H/b21-15-;. The van der Waals surface area contributed by atoms with Crippen molar-refractivity contribution in [2.75, 3.05) is 7.11 Å². The minimum absolute atomic E-state index is 0. The molecular weight excluding hydrogens is 402 g/mol. The van der Waals surface area contributed by atoms with Crippen LogP contribution in [0.25, 0.3) is 5.70 Å². The third-order valence-electron chi connectivity index (χ3n) is 4.65. The van der Waals surface area contributed by atoms with Crippen LogP contribution in [0.15, 0.2) is 35.3 Å². The lowest BCUT2D eigenvalue weighted by atomic mass is 10.1. The molecule has 3 atom stereocenters. The lowest BCUT2D eigenvalue weighted by Gasteiger charge is -2.20. The molecule has 1 aromatic rings. The summed E-state index contributed by atoms with van der Waals surface area (Å²) in [4.78, 5) is 4.88. The maximum Gasteiger partial charge on any atom is 0.123 e. The Morgan fingerprint density at radius 3 is 2.00 bits per heavy atom. The second kappa shape index (κ2) is 13.6. The first-order valence-electron chi connectivity index (χ1n) is 9.90. The van der Waals surface area contributed by atoms with Crippen molar-refractivity contribution in [2.45, 2.75) is 78.9 Å². The van der Waals surface area contributed by atoms with Crippen LogP contribution < -0.4 is 15.4 Å². The van der Waals surface area contributed by atoms with Gasteiger partial charge in [0.2, 0.25) is 0 Å². The Labute approximate surface area is 176 Å². The van der Waals surface area contributed by atoms with Crippen LogP contribution in [0.1, 0.15) is 66.4 Å². The highest BCUT2D eigenvalue weighted by molar-refractivity contribution is 8.93. The highest BCUT2D eigenvalue weighted by atomic mass is 79.9. The predicted octanol–water partition coefficient (Wildman–Crippen LogP) is 5.59. The summed E-state index contributed by atoms with van der Waals surface area (Å²) in [6.07, 6.45) is 5.29. The molecule has 0 saturated carbocycles. The molecule has 3 unspecified atom stereocenters. The van der Waals surface area contributed by atoms with Gasteiger partial charge in [0.05, 0.1) is 7.11 Å². The summed E-state index contributed by atoms with van der Waals surface area (Å²) in [6, 6.07) is 9.23. The molecule has 0 aliphatic rings. The van der Waals surface area contributed by atoms with Gasteiger partial charge in [0.15, 0.2) is 0 Å².